The van der Waals surface area contributed by atoms with Crippen molar-refractivity contribution in [2.24, 2.45) is 5.92 Å². The molecule has 0 aromatic heterocycles. The fourth-order valence-electron chi connectivity index (χ4n) is 1.68. The SMILES string of the molecule is Cc1c(N)cccc1NC(=O)CCS(=O)C(C)C(C)C. The number of nitrogens with two attached hydrogens (primary N) is 1. The molecule has 5 heteroatoms. The lowest BCUT2D eigenvalue weighted by Crippen LogP contribution is -2.23. The zero-order valence-electron chi connectivity index (χ0n) is 12.6. The Bertz CT molecular complexity index is 501. The van der Waals surface area contributed by atoms with Crippen LogP contribution in [0.15, 0.2) is 18.2 Å². The lowest BCUT2D eigenvalue weighted by Gasteiger charge is -2.15. The minimum absolute atomic E-state index is 0.108. The second-order valence-corrected chi connectivity index (χ2v) is 7.27. The zero-order valence-corrected chi connectivity index (χ0v) is 13.4. The van der Waals surface area contributed by atoms with Gasteiger partial charge in [0.05, 0.1) is 0 Å². The molecule has 2 unspecified atom stereocenters. The van der Waals surface area contributed by atoms with Gasteiger partial charge < -0.3 is 11.1 Å². The number of nitrogens with one attached hydrogen (secondary N) is 1. The number of hydrogen-bond acceptors (Lipinski definition) is 3. The third-order valence-corrected chi connectivity index (χ3v) is 5.51. The van der Waals surface area contributed by atoms with Crippen molar-refractivity contribution >= 4 is 28.1 Å². The number of benzene rings is 1. The third-order valence-electron chi connectivity index (χ3n) is 3.53. The molecule has 2 atom stereocenters. The molecule has 112 valence electrons. The highest BCUT2D eigenvalue weighted by molar-refractivity contribution is 7.85. The maximum Gasteiger partial charge on any atom is 0.225 e. The number of carbonyl (C=O) groups is 1. The van der Waals surface area contributed by atoms with Crippen molar-refractivity contribution in [3.8, 4) is 0 Å². The maximum absolute atomic E-state index is 12.0. The molecule has 0 aliphatic heterocycles. The minimum Gasteiger partial charge on any atom is -0.398 e. The number of nitrogen functional groups attached to an aromatic ring is 1. The Kier molecular flexibility index (Phi) is 6.20. The first-order chi connectivity index (χ1) is 9.32. The molecule has 0 aliphatic rings. The maximum atomic E-state index is 12.0. The molecule has 1 aromatic carbocycles. The van der Waals surface area contributed by atoms with Crippen LogP contribution in [0.3, 0.4) is 0 Å². The van der Waals surface area contributed by atoms with Gasteiger partial charge in [-0.3, -0.25) is 9.00 Å². The van der Waals surface area contributed by atoms with Gasteiger partial charge >= 0.3 is 0 Å². The molecule has 1 aromatic rings. The highest BCUT2D eigenvalue weighted by atomic mass is 32.2. The molecule has 0 saturated carbocycles. The van der Waals surface area contributed by atoms with Gasteiger partial charge in [0, 0.05) is 39.6 Å². The number of hydrogen-bond donors (Lipinski definition) is 2. The Balaban J connectivity index is 2.53. The molecular formula is C15H24N2O2S. The molecule has 1 amide bonds. The van der Waals surface area contributed by atoms with Crippen molar-refractivity contribution in [3.05, 3.63) is 23.8 Å². The summed E-state index contributed by atoms with van der Waals surface area (Å²) in [5.74, 6) is 0.630. The second-order valence-electron chi connectivity index (χ2n) is 5.35. The molecule has 0 heterocycles. The quantitative estimate of drug-likeness (QED) is 0.793. The van der Waals surface area contributed by atoms with Crippen LogP contribution in [0.25, 0.3) is 0 Å². The van der Waals surface area contributed by atoms with Gasteiger partial charge in [0.1, 0.15) is 0 Å². The van der Waals surface area contributed by atoms with Crippen molar-refractivity contribution in [1.82, 2.24) is 0 Å². The summed E-state index contributed by atoms with van der Waals surface area (Å²) in [5.41, 5.74) is 8.02. The van der Waals surface area contributed by atoms with Gasteiger partial charge in [-0.1, -0.05) is 26.8 Å². The van der Waals surface area contributed by atoms with Crippen LogP contribution in [0, 0.1) is 12.8 Å². The summed E-state index contributed by atoms with van der Waals surface area (Å²) in [4.78, 5) is 11.9. The number of carbonyl (C=O) groups excluding carboxylic acids is 1. The van der Waals surface area contributed by atoms with Crippen LogP contribution >= 0.6 is 0 Å². The van der Waals surface area contributed by atoms with Crippen molar-refractivity contribution in [2.45, 2.75) is 39.4 Å². The van der Waals surface area contributed by atoms with Gasteiger partial charge in [-0.2, -0.15) is 0 Å². The molecule has 1 rings (SSSR count). The molecule has 0 spiro atoms. The number of amides is 1. The summed E-state index contributed by atoms with van der Waals surface area (Å²) in [5, 5.41) is 2.93. The van der Waals surface area contributed by atoms with Crippen molar-refractivity contribution in [2.75, 3.05) is 16.8 Å². The third kappa shape index (κ3) is 4.63. The molecular weight excluding hydrogens is 272 g/mol. The average Bonchev–Trinajstić information content (AvgIpc) is 2.40. The van der Waals surface area contributed by atoms with Crippen LogP contribution in [-0.2, 0) is 15.6 Å². The molecule has 0 aliphatic carbocycles. The Morgan fingerprint density at radius 1 is 1.35 bits per heavy atom. The Labute approximate surface area is 123 Å². The number of anilines is 2. The van der Waals surface area contributed by atoms with Crippen LogP contribution in [0.4, 0.5) is 11.4 Å². The van der Waals surface area contributed by atoms with Crippen molar-refractivity contribution < 1.29 is 9.00 Å². The Hall–Kier alpha value is -1.36. The van der Waals surface area contributed by atoms with E-state index in [1.807, 2.05) is 33.8 Å². The predicted octanol–water partition coefficient (Wildman–Crippen LogP) is 2.70. The molecule has 0 saturated heterocycles. The molecule has 3 N–H and O–H groups in total. The molecule has 20 heavy (non-hydrogen) atoms. The van der Waals surface area contributed by atoms with Crippen molar-refractivity contribution in [3.63, 3.8) is 0 Å². The molecule has 4 nitrogen and oxygen atoms in total. The fourth-order valence-corrected chi connectivity index (χ4v) is 3.05. The summed E-state index contributed by atoms with van der Waals surface area (Å²) in [6.45, 7) is 7.90. The van der Waals surface area contributed by atoms with Gasteiger partial charge in [0.25, 0.3) is 0 Å². The highest BCUT2D eigenvalue weighted by Gasteiger charge is 2.16. The summed E-state index contributed by atoms with van der Waals surface area (Å²) >= 11 is 0. The van der Waals surface area contributed by atoms with Crippen molar-refractivity contribution in [1.29, 1.82) is 0 Å². The van der Waals surface area contributed by atoms with E-state index in [1.54, 1.807) is 12.1 Å². The monoisotopic (exact) mass is 296 g/mol. The smallest absolute Gasteiger partial charge is 0.225 e. The lowest BCUT2D eigenvalue weighted by atomic mass is 10.1. The van der Waals surface area contributed by atoms with E-state index in [4.69, 9.17) is 5.73 Å². The van der Waals surface area contributed by atoms with Gasteiger partial charge in [-0.25, -0.2) is 0 Å². The largest absolute Gasteiger partial charge is 0.398 e. The van der Waals surface area contributed by atoms with Crippen LogP contribution in [0.1, 0.15) is 32.8 Å². The van der Waals surface area contributed by atoms with E-state index in [2.05, 4.69) is 5.32 Å². The summed E-state index contributed by atoms with van der Waals surface area (Å²) in [7, 11) is -0.969. The highest BCUT2D eigenvalue weighted by Crippen LogP contribution is 2.20. The van der Waals surface area contributed by atoms with E-state index >= 15 is 0 Å². The van der Waals surface area contributed by atoms with E-state index in [9.17, 15) is 9.00 Å². The van der Waals surface area contributed by atoms with Crippen LogP contribution in [0.5, 0.6) is 0 Å². The van der Waals surface area contributed by atoms with Crippen LogP contribution < -0.4 is 11.1 Å². The van der Waals surface area contributed by atoms with E-state index < -0.39 is 10.8 Å². The molecule has 0 radical (unpaired) electrons. The van der Waals surface area contributed by atoms with Gasteiger partial charge in [0.2, 0.25) is 5.91 Å². The summed E-state index contributed by atoms with van der Waals surface area (Å²) in [6.07, 6.45) is 0.262. The topological polar surface area (TPSA) is 72.2 Å². The number of rotatable bonds is 6. The lowest BCUT2D eigenvalue weighted by molar-refractivity contribution is -0.115. The minimum atomic E-state index is -0.969. The molecule has 0 bridgehead atoms. The van der Waals surface area contributed by atoms with Crippen LogP contribution in [0.2, 0.25) is 0 Å². The van der Waals surface area contributed by atoms with Gasteiger partial charge in [-0.15, -0.1) is 0 Å². The first-order valence-electron chi connectivity index (χ1n) is 6.85. The van der Waals surface area contributed by atoms with Gasteiger partial charge in [0.15, 0.2) is 0 Å². The first kappa shape index (κ1) is 16.7. The van der Waals surface area contributed by atoms with E-state index in [0.29, 0.717) is 17.4 Å². The Morgan fingerprint density at radius 2 is 2.00 bits per heavy atom. The van der Waals surface area contributed by atoms with E-state index in [-0.39, 0.29) is 17.6 Å². The summed E-state index contributed by atoms with van der Waals surface area (Å²) < 4.78 is 12.0. The molecule has 0 fully saturated rings. The zero-order chi connectivity index (χ0) is 15.3. The predicted molar refractivity (Wildman–Crippen MR) is 86.1 cm³/mol. The standard InChI is InChI=1S/C15H24N2O2S/c1-10(2)12(4)20(19)9-8-15(18)17-14-7-5-6-13(16)11(14)3/h5-7,10,12H,8-9,16H2,1-4H3,(H,17,18). The van der Waals surface area contributed by atoms with E-state index in [0.717, 1.165) is 11.3 Å². The van der Waals surface area contributed by atoms with E-state index in [1.165, 1.54) is 0 Å². The first-order valence-corrected chi connectivity index (χ1v) is 8.23. The van der Waals surface area contributed by atoms with Crippen LogP contribution in [-0.4, -0.2) is 21.1 Å². The normalized spacial score (nSPS) is 14.1. The van der Waals surface area contributed by atoms with Gasteiger partial charge in [-0.05, 0) is 30.5 Å². The fraction of sp³-hybridized carbons (Fsp3) is 0.533. The average molecular weight is 296 g/mol. The Morgan fingerprint density at radius 3 is 2.60 bits per heavy atom. The summed E-state index contributed by atoms with van der Waals surface area (Å²) in [6, 6.07) is 5.42. The second kappa shape index (κ2) is 7.43.